The molecule has 112 valence electrons. The first-order valence-electron chi connectivity index (χ1n) is 7.69. The summed E-state index contributed by atoms with van der Waals surface area (Å²) < 4.78 is 2.30. The van der Waals surface area contributed by atoms with Crippen molar-refractivity contribution in [3.05, 3.63) is 36.0 Å². The molecule has 3 nitrogen and oxygen atoms in total. The second-order valence-electron chi connectivity index (χ2n) is 6.62. The van der Waals surface area contributed by atoms with Crippen molar-refractivity contribution < 1.29 is 0 Å². The summed E-state index contributed by atoms with van der Waals surface area (Å²) in [5.74, 6) is 0. The summed E-state index contributed by atoms with van der Waals surface area (Å²) in [4.78, 5) is 0. The smallest absolute Gasteiger partial charge is 0.0621 e. The zero-order valence-electron chi connectivity index (χ0n) is 13.3. The zero-order valence-corrected chi connectivity index (χ0v) is 13.3. The lowest BCUT2D eigenvalue weighted by atomic mass is 10.1. The Bertz CT molecular complexity index is 626. The molecule has 0 bridgehead atoms. The van der Waals surface area contributed by atoms with Gasteiger partial charge in [-0.1, -0.05) is 12.1 Å². The third-order valence-corrected chi connectivity index (χ3v) is 3.60. The molecule has 21 heavy (non-hydrogen) atoms. The molecule has 0 radical (unpaired) electrons. The molecule has 2 rings (SSSR count). The van der Waals surface area contributed by atoms with Gasteiger partial charge < -0.3 is 9.88 Å². The molecule has 0 spiro atoms. The van der Waals surface area contributed by atoms with Crippen molar-refractivity contribution >= 4 is 10.9 Å². The van der Waals surface area contributed by atoms with Gasteiger partial charge in [0.1, 0.15) is 0 Å². The fourth-order valence-electron chi connectivity index (χ4n) is 2.39. The van der Waals surface area contributed by atoms with Crippen molar-refractivity contribution in [1.82, 2.24) is 9.88 Å². The first kappa shape index (κ1) is 15.6. The van der Waals surface area contributed by atoms with E-state index in [1.807, 2.05) is 0 Å². The van der Waals surface area contributed by atoms with Crippen molar-refractivity contribution in [2.45, 2.75) is 58.7 Å². The number of unbranched alkanes of at least 4 members (excludes halogenated alkanes) is 2. The van der Waals surface area contributed by atoms with Crippen LogP contribution in [0.25, 0.3) is 10.9 Å². The quantitative estimate of drug-likeness (QED) is 0.806. The third kappa shape index (κ3) is 4.61. The molecular weight excluding hydrogens is 258 g/mol. The molecule has 0 aliphatic rings. The highest BCUT2D eigenvalue weighted by Gasteiger charge is 2.09. The van der Waals surface area contributed by atoms with Gasteiger partial charge in [0.2, 0.25) is 0 Å². The fraction of sp³-hybridized carbons (Fsp3) is 0.500. The molecule has 0 fully saturated rings. The highest BCUT2D eigenvalue weighted by Crippen LogP contribution is 2.19. The number of fused-ring (bicyclic) bond motifs is 1. The predicted octanol–water partition coefficient (Wildman–Crippen LogP) is 4.22. The van der Waals surface area contributed by atoms with E-state index in [-0.39, 0.29) is 5.54 Å². The molecule has 0 saturated heterocycles. The van der Waals surface area contributed by atoms with Crippen molar-refractivity contribution in [3.63, 3.8) is 0 Å². The Hall–Kier alpha value is -1.79. The lowest BCUT2D eigenvalue weighted by molar-refractivity contribution is 0.424. The van der Waals surface area contributed by atoms with Gasteiger partial charge in [-0.15, -0.1) is 0 Å². The summed E-state index contributed by atoms with van der Waals surface area (Å²) in [6.45, 7) is 8.43. The molecule has 0 unspecified atom stereocenters. The summed E-state index contributed by atoms with van der Waals surface area (Å²) in [6, 6.07) is 11.0. The van der Waals surface area contributed by atoms with Crippen LogP contribution in [0.2, 0.25) is 0 Å². The molecule has 1 aromatic carbocycles. The Balaban J connectivity index is 2.08. The van der Waals surface area contributed by atoms with E-state index in [2.05, 4.69) is 67.2 Å². The van der Waals surface area contributed by atoms with E-state index in [1.165, 1.54) is 16.5 Å². The largest absolute Gasteiger partial charge is 0.347 e. The van der Waals surface area contributed by atoms with Gasteiger partial charge >= 0.3 is 0 Å². The van der Waals surface area contributed by atoms with E-state index >= 15 is 0 Å². The number of nitrogens with one attached hydrogen (secondary N) is 1. The minimum Gasteiger partial charge on any atom is -0.347 e. The van der Waals surface area contributed by atoms with E-state index in [0.717, 1.165) is 25.9 Å². The van der Waals surface area contributed by atoms with Crippen LogP contribution in [0.5, 0.6) is 0 Å². The van der Waals surface area contributed by atoms with Gasteiger partial charge in [-0.3, -0.25) is 0 Å². The molecule has 0 aliphatic heterocycles. The summed E-state index contributed by atoms with van der Waals surface area (Å²) in [6.07, 6.45) is 4.83. The van der Waals surface area contributed by atoms with Gasteiger partial charge in [0.15, 0.2) is 0 Å². The number of aryl methyl sites for hydroxylation is 1. The van der Waals surface area contributed by atoms with Gasteiger partial charge in [0.05, 0.1) is 6.07 Å². The van der Waals surface area contributed by atoms with E-state index in [4.69, 9.17) is 5.26 Å². The third-order valence-electron chi connectivity index (χ3n) is 3.60. The van der Waals surface area contributed by atoms with Crippen LogP contribution in [0.4, 0.5) is 0 Å². The fourth-order valence-corrected chi connectivity index (χ4v) is 2.39. The summed E-state index contributed by atoms with van der Waals surface area (Å²) in [5, 5.41) is 13.4. The van der Waals surface area contributed by atoms with E-state index in [1.54, 1.807) is 0 Å². The maximum atomic E-state index is 8.59. The van der Waals surface area contributed by atoms with Crippen LogP contribution < -0.4 is 5.32 Å². The van der Waals surface area contributed by atoms with Gasteiger partial charge in [-0.2, -0.15) is 5.26 Å². The van der Waals surface area contributed by atoms with Crippen LogP contribution in [-0.2, 0) is 13.1 Å². The lowest BCUT2D eigenvalue weighted by Crippen LogP contribution is -2.35. The molecule has 1 N–H and O–H groups in total. The first-order chi connectivity index (χ1) is 9.99. The summed E-state index contributed by atoms with van der Waals surface area (Å²) >= 11 is 0. The number of nitriles is 1. The minimum absolute atomic E-state index is 0.133. The van der Waals surface area contributed by atoms with Crippen LogP contribution >= 0.6 is 0 Å². The molecule has 2 aromatic rings. The van der Waals surface area contributed by atoms with E-state index in [9.17, 15) is 0 Å². The molecule has 1 heterocycles. The minimum atomic E-state index is 0.133. The standard InChI is InChI=1S/C18H25N3/c1-18(2,3)20-14-15-7-8-16-9-12-21(17(16)13-15)11-6-4-5-10-19/h7-9,12-13,20H,4-6,11,14H2,1-3H3. The zero-order chi connectivity index (χ0) is 15.3. The van der Waals surface area contributed by atoms with Gasteiger partial charge in [0, 0.05) is 36.8 Å². The van der Waals surface area contributed by atoms with Gasteiger partial charge in [0.25, 0.3) is 0 Å². The van der Waals surface area contributed by atoms with Crippen LogP contribution in [0.3, 0.4) is 0 Å². The van der Waals surface area contributed by atoms with Crippen molar-refractivity contribution in [3.8, 4) is 6.07 Å². The SMILES string of the molecule is CC(C)(C)NCc1ccc2ccn(CCCCC#N)c2c1. The van der Waals surface area contributed by atoms with Crippen LogP contribution in [0, 0.1) is 11.3 Å². The number of hydrogen-bond donors (Lipinski definition) is 1. The average molecular weight is 283 g/mol. The Labute approximate surface area is 127 Å². The molecule has 1 aromatic heterocycles. The number of nitrogens with zero attached hydrogens (tertiary/aromatic N) is 2. The topological polar surface area (TPSA) is 40.8 Å². The molecule has 0 aliphatic carbocycles. The molecule has 3 heteroatoms. The maximum Gasteiger partial charge on any atom is 0.0621 e. The lowest BCUT2D eigenvalue weighted by Gasteiger charge is -2.20. The predicted molar refractivity (Wildman–Crippen MR) is 88.0 cm³/mol. The van der Waals surface area contributed by atoms with Gasteiger partial charge in [-0.05, 0) is 56.7 Å². The van der Waals surface area contributed by atoms with Crippen molar-refractivity contribution in [1.29, 1.82) is 5.26 Å². The highest BCUT2D eigenvalue weighted by atomic mass is 15.0. The Morgan fingerprint density at radius 3 is 2.71 bits per heavy atom. The maximum absolute atomic E-state index is 8.59. The monoisotopic (exact) mass is 283 g/mol. The van der Waals surface area contributed by atoms with Crippen molar-refractivity contribution in [2.75, 3.05) is 0 Å². The molecule has 0 amide bonds. The summed E-state index contributed by atoms with van der Waals surface area (Å²) in [7, 11) is 0. The van der Waals surface area contributed by atoms with E-state index < -0.39 is 0 Å². The second-order valence-corrected chi connectivity index (χ2v) is 6.62. The highest BCUT2D eigenvalue weighted by molar-refractivity contribution is 5.80. The van der Waals surface area contributed by atoms with E-state index in [0.29, 0.717) is 6.42 Å². The van der Waals surface area contributed by atoms with Crippen molar-refractivity contribution in [2.24, 2.45) is 0 Å². The average Bonchev–Trinajstić information content (AvgIpc) is 2.83. The number of aromatic nitrogens is 1. The molecule has 0 saturated carbocycles. The Morgan fingerprint density at radius 2 is 2.00 bits per heavy atom. The number of hydrogen-bond acceptors (Lipinski definition) is 2. The van der Waals surface area contributed by atoms with Crippen LogP contribution in [0.1, 0.15) is 45.6 Å². The normalized spacial score (nSPS) is 11.7. The molecular formula is C18H25N3. The summed E-state index contributed by atoms with van der Waals surface area (Å²) in [5.41, 5.74) is 2.74. The van der Waals surface area contributed by atoms with Crippen LogP contribution in [0.15, 0.2) is 30.5 Å². The number of benzene rings is 1. The second kappa shape index (κ2) is 6.78. The Morgan fingerprint density at radius 1 is 1.19 bits per heavy atom. The first-order valence-corrected chi connectivity index (χ1v) is 7.69. The van der Waals surface area contributed by atoms with Gasteiger partial charge in [-0.25, -0.2) is 0 Å². The van der Waals surface area contributed by atoms with Crippen LogP contribution in [-0.4, -0.2) is 10.1 Å². The molecule has 0 atom stereocenters. The Kier molecular flexibility index (Phi) is 5.03. The number of rotatable bonds is 6.